The summed E-state index contributed by atoms with van der Waals surface area (Å²) in [7, 11) is 2.80. The first-order valence-corrected chi connectivity index (χ1v) is 7.66. The Kier molecular flexibility index (Phi) is 3.37. The molecule has 0 aliphatic carbocycles. The van der Waals surface area contributed by atoms with Crippen LogP contribution in [0.25, 0.3) is 0 Å². The standard InChI is InChI=1S/C15H19FN3P/c1-3-15(2,16)14-17-13-12(20)9-11(19(13)18-14)10-7-5-4-6-8-10/h4-8,11-12H,3,9,20H2,1-2H3/t11-,12-,15?/m0/s1. The van der Waals surface area contributed by atoms with Crippen molar-refractivity contribution in [1.82, 2.24) is 14.8 Å². The van der Waals surface area contributed by atoms with Gasteiger partial charge in [0.05, 0.1) is 6.04 Å². The lowest BCUT2D eigenvalue weighted by molar-refractivity contribution is 0.170. The number of aromatic nitrogens is 3. The van der Waals surface area contributed by atoms with Crippen LogP contribution in [0.3, 0.4) is 0 Å². The summed E-state index contributed by atoms with van der Waals surface area (Å²) < 4.78 is 16.3. The number of benzene rings is 1. The Labute approximate surface area is 120 Å². The molecule has 0 amide bonds. The smallest absolute Gasteiger partial charge is 0.187 e. The van der Waals surface area contributed by atoms with E-state index in [2.05, 4.69) is 31.5 Å². The summed E-state index contributed by atoms with van der Waals surface area (Å²) in [6, 6.07) is 10.4. The molecular weight excluding hydrogens is 272 g/mol. The van der Waals surface area contributed by atoms with E-state index in [1.807, 2.05) is 29.8 Å². The molecule has 0 radical (unpaired) electrons. The van der Waals surface area contributed by atoms with Gasteiger partial charge in [-0.05, 0) is 25.3 Å². The van der Waals surface area contributed by atoms with E-state index in [1.165, 1.54) is 5.56 Å². The summed E-state index contributed by atoms with van der Waals surface area (Å²) in [4.78, 5) is 4.45. The summed E-state index contributed by atoms with van der Waals surface area (Å²) in [6.45, 7) is 3.37. The van der Waals surface area contributed by atoms with Gasteiger partial charge in [0, 0.05) is 5.66 Å². The Morgan fingerprint density at radius 2 is 2.10 bits per heavy atom. The van der Waals surface area contributed by atoms with Gasteiger partial charge in [-0.15, -0.1) is 9.24 Å². The maximum Gasteiger partial charge on any atom is 0.187 e. The average Bonchev–Trinajstić information content (AvgIpc) is 3.01. The van der Waals surface area contributed by atoms with E-state index in [1.54, 1.807) is 6.92 Å². The third-order valence-electron chi connectivity index (χ3n) is 4.08. The molecule has 0 bridgehead atoms. The molecule has 0 saturated carbocycles. The number of hydrogen-bond acceptors (Lipinski definition) is 2. The van der Waals surface area contributed by atoms with Crippen LogP contribution in [0.15, 0.2) is 30.3 Å². The quantitative estimate of drug-likeness (QED) is 0.806. The summed E-state index contributed by atoms with van der Waals surface area (Å²) in [5.41, 5.74) is -0.0236. The van der Waals surface area contributed by atoms with Crippen LogP contribution in [0, 0.1) is 0 Å². The number of rotatable bonds is 3. The summed E-state index contributed by atoms with van der Waals surface area (Å²) in [6.07, 6.45) is 1.33. The lowest BCUT2D eigenvalue weighted by Gasteiger charge is -2.15. The molecule has 0 spiro atoms. The van der Waals surface area contributed by atoms with Gasteiger partial charge in [-0.3, -0.25) is 0 Å². The minimum atomic E-state index is -1.46. The van der Waals surface area contributed by atoms with Crippen LogP contribution < -0.4 is 0 Å². The molecule has 5 heteroatoms. The van der Waals surface area contributed by atoms with Gasteiger partial charge in [-0.1, -0.05) is 37.3 Å². The zero-order valence-electron chi connectivity index (χ0n) is 11.8. The fraction of sp³-hybridized carbons (Fsp3) is 0.467. The number of fused-ring (bicyclic) bond motifs is 1. The van der Waals surface area contributed by atoms with Crippen molar-refractivity contribution in [3.8, 4) is 0 Å². The second-order valence-corrected chi connectivity index (χ2v) is 6.36. The highest BCUT2D eigenvalue weighted by Gasteiger charge is 2.37. The van der Waals surface area contributed by atoms with Crippen molar-refractivity contribution in [3.63, 3.8) is 0 Å². The fourth-order valence-corrected chi connectivity index (χ4v) is 3.08. The number of halogens is 1. The van der Waals surface area contributed by atoms with Crippen LogP contribution in [-0.2, 0) is 5.67 Å². The molecule has 3 rings (SSSR count). The van der Waals surface area contributed by atoms with Gasteiger partial charge in [-0.2, -0.15) is 5.10 Å². The first kappa shape index (κ1) is 13.7. The van der Waals surface area contributed by atoms with Crippen molar-refractivity contribution in [1.29, 1.82) is 0 Å². The third-order valence-corrected chi connectivity index (χ3v) is 4.65. The lowest BCUT2D eigenvalue weighted by Crippen LogP contribution is -2.17. The zero-order valence-corrected chi connectivity index (χ0v) is 12.9. The minimum Gasteiger partial charge on any atom is -0.242 e. The van der Waals surface area contributed by atoms with E-state index in [0.29, 0.717) is 12.2 Å². The average molecular weight is 291 g/mol. The molecule has 1 aromatic heterocycles. The first-order chi connectivity index (χ1) is 9.53. The van der Waals surface area contributed by atoms with Crippen LogP contribution >= 0.6 is 9.24 Å². The van der Waals surface area contributed by atoms with Gasteiger partial charge in [0.15, 0.2) is 11.5 Å². The van der Waals surface area contributed by atoms with Crippen molar-refractivity contribution in [2.24, 2.45) is 0 Å². The van der Waals surface area contributed by atoms with Gasteiger partial charge in [0.1, 0.15) is 5.82 Å². The van der Waals surface area contributed by atoms with Gasteiger partial charge in [0.25, 0.3) is 0 Å². The van der Waals surface area contributed by atoms with Crippen LogP contribution in [0.5, 0.6) is 0 Å². The van der Waals surface area contributed by atoms with E-state index < -0.39 is 5.67 Å². The highest BCUT2D eigenvalue weighted by Crippen LogP contribution is 2.43. The van der Waals surface area contributed by atoms with Crippen LogP contribution in [0.2, 0.25) is 0 Å². The Balaban J connectivity index is 2.02. The van der Waals surface area contributed by atoms with Crippen molar-refractivity contribution in [2.45, 2.75) is 44.1 Å². The molecular formula is C15H19FN3P. The van der Waals surface area contributed by atoms with Crippen molar-refractivity contribution < 1.29 is 4.39 Å². The van der Waals surface area contributed by atoms with E-state index in [-0.39, 0.29) is 11.7 Å². The van der Waals surface area contributed by atoms with E-state index in [9.17, 15) is 4.39 Å². The van der Waals surface area contributed by atoms with Gasteiger partial charge >= 0.3 is 0 Å². The molecule has 106 valence electrons. The molecule has 0 N–H and O–H groups in total. The molecule has 0 saturated heterocycles. The monoisotopic (exact) mass is 291 g/mol. The Morgan fingerprint density at radius 3 is 2.75 bits per heavy atom. The molecule has 2 unspecified atom stereocenters. The predicted octanol–water partition coefficient (Wildman–Crippen LogP) is 3.78. The molecule has 20 heavy (non-hydrogen) atoms. The van der Waals surface area contributed by atoms with Crippen LogP contribution in [-0.4, -0.2) is 14.8 Å². The zero-order chi connectivity index (χ0) is 14.3. The maximum atomic E-state index is 14.4. The Hall–Kier alpha value is -1.28. The Morgan fingerprint density at radius 1 is 1.40 bits per heavy atom. The number of hydrogen-bond donors (Lipinski definition) is 0. The topological polar surface area (TPSA) is 30.7 Å². The molecule has 1 aromatic carbocycles. The highest BCUT2D eigenvalue weighted by atomic mass is 31.0. The molecule has 2 aromatic rings. The fourth-order valence-electron chi connectivity index (χ4n) is 2.59. The van der Waals surface area contributed by atoms with Crippen LogP contribution in [0.4, 0.5) is 4.39 Å². The molecule has 0 fully saturated rings. The minimum absolute atomic E-state index is 0.155. The first-order valence-electron chi connectivity index (χ1n) is 6.99. The third kappa shape index (κ3) is 2.16. The van der Waals surface area contributed by atoms with E-state index >= 15 is 0 Å². The predicted molar refractivity (Wildman–Crippen MR) is 80.4 cm³/mol. The molecule has 1 aliphatic rings. The molecule has 1 aliphatic heterocycles. The molecule has 2 heterocycles. The number of nitrogens with zero attached hydrogens (tertiary/aromatic N) is 3. The van der Waals surface area contributed by atoms with Gasteiger partial charge in [0.2, 0.25) is 0 Å². The SMILES string of the molecule is CCC(C)(F)c1nc2n(n1)[C@H](c1ccccc1)C[C@@H]2P. The Bertz CT molecular complexity index is 609. The molecule has 4 atom stereocenters. The van der Waals surface area contributed by atoms with Crippen molar-refractivity contribution in [2.75, 3.05) is 0 Å². The maximum absolute atomic E-state index is 14.4. The second-order valence-electron chi connectivity index (χ2n) is 5.56. The molecule has 3 nitrogen and oxygen atoms in total. The van der Waals surface area contributed by atoms with E-state index in [4.69, 9.17) is 0 Å². The van der Waals surface area contributed by atoms with E-state index in [0.717, 1.165) is 12.2 Å². The van der Waals surface area contributed by atoms with Crippen molar-refractivity contribution in [3.05, 3.63) is 47.5 Å². The van der Waals surface area contributed by atoms with Gasteiger partial charge in [-0.25, -0.2) is 14.1 Å². The summed E-state index contributed by atoms with van der Waals surface area (Å²) in [5.74, 6) is 1.18. The lowest BCUT2D eigenvalue weighted by atomic mass is 10.0. The number of alkyl halides is 1. The summed E-state index contributed by atoms with van der Waals surface area (Å²) in [5, 5.41) is 4.46. The van der Waals surface area contributed by atoms with Gasteiger partial charge < -0.3 is 0 Å². The van der Waals surface area contributed by atoms with Crippen molar-refractivity contribution >= 4 is 9.24 Å². The summed E-state index contributed by atoms with van der Waals surface area (Å²) >= 11 is 0. The van der Waals surface area contributed by atoms with Crippen LogP contribution in [0.1, 0.15) is 55.6 Å². The highest BCUT2D eigenvalue weighted by molar-refractivity contribution is 7.17. The second kappa shape index (κ2) is 4.92. The largest absolute Gasteiger partial charge is 0.242 e. The normalized spacial score (nSPS) is 24.4.